The SMILES string of the molecule is C/C=C(\C)[C@H]1OC(=O)[C@@H](C)NC(=O)[C@H]([C@H](C)CC)NC(=O)CN(C)C(=O)[C@@H](Cc2ccccc2)N(C)C(=O)[C@H](C)NC(=O)[C@@H](CC(C)C)OC(=O)/C(C)=C/C[C@H](OC(=O)N(C)CCN(C)C=O)[C@@H]1C. The van der Waals surface area contributed by atoms with Gasteiger partial charge in [-0.2, -0.15) is 0 Å². The van der Waals surface area contributed by atoms with Gasteiger partial charge >= 0.3 is 18.0 Å². The topological polar surface area (TPSA) is 230 Å². The minimum absolute atomic E-state index is 0.0581. The zero-order chi connectivity index (χ0) is 52.3. The molecule has 1 aromatic carbocycles. The van der Waals surface area contributed by atoms with Crippen molar-refractivity contribution < 1.29 is 57.4 Å². The molecule has 19 nitrogen and oxygen atoms in total. The van der Waals surface area contributed by atoms with E-state index in [1.807, 2.05) is 20.8 Å². The van der Waals surface area contributed by atoms with E-state index in [0.29, 0.717) is 18.4 Å². The van der Waals surface area contributed by atoms with Gasteiger partial charge in [-0.1, -0.05) is 83.5 Å². The first-order chi connectivity index (χ1) is 32.4. The molecule has 0 saturated carbocycles. The molecule has 2 rings (SSSR count). The molecule has 384 valence electrons. The van der Waals surface area contributed by atoms with Crippen LogP contribution < -0.4 is 16.0 Å². The number of likely N-dealkylation sites (N-methyl/N-ethyl adjacent to an activating group) is 4. The number of amides is 7. The lowest BCUT2D eigenvalue weighted by atomic mass is 9.90. The fraction of sp³-hybridized carbons (Fsp3) is 0.620. The van der Waals surface area contributed by atoms with Crippen molar-refractivity contribution >= 4 is 54.0 Å². The fourth-order valence-electron chi connectivity index (χ4n) is 7.36. The van der Waals surface area contributed by atoms with Crippen molar-refractivity contribution in [3.8, 4) is 0 Å². The van der Waals surface area contributed by atoms with Gasteiger partial charge in [0.2, 0.25) is 30.0 Å². The van der Waals surface area contributed by atoms with E-state index < -0.39 is 108 Å². The molecule has 1 aliphatic heterocycles. The summed E-state index contributed by atoms with van der Waals surface area (Å²) in [5.74, 6) is -6.32. The molecule has 0 fully saturated rings. The van der Waals surface area contributed by atoms with Gasteiger partial charge in [0.15, 0.2) is 6.10 Å². The van der Waals surface area contributed by atoms with Crippen molar-refractivity contribution in [3.05, 3.63) is 59.2 Å². The van der Waals surface area contributed by atoms with Gasteiger partial charge in [0.05, 0.1) is 6.54 Å². The van der Waals surface area contributed by atoms with Gasteiger partial charge in [-0.15, -0.1) is 0 Å². The van der Waals surface area contributed by atoms with Crippen LogP contribution >= 0.6 is 0 Å². The minimum Gasteiger partial charge on any atom is -0.456 e. The highest BCUT2D eigenvalue weighted by molar-refractivity contribution is 5.96. The van der Waals surface area contributed by atoms with E-state index in [0.717, 1.165) is 10.5 Å². The summed E-state index contributed by atoms with van der Waals surface area (Å²) in [6.45, 7) is 16.6. The molecule has 0 bridgehead atoms. The fourth-order valence-corrected chi connectivity index (χ4v) is 7.36. The predicted octanol–water partition coefficient (Wildman–Crippen LogP) is 3.40. The summed E-state index contributed by atoms with van der Waals surface area (Å²) >= 11 is 0. The molecule has 3 N–H and O–H groups in total. The third kappa shape index (κ3) is 18.3. The lowest BCUT2D eigenvalue weighted by Crippen LogP contribution is -2.57. The molecule has 0 radical (unpaired) electrons. The highest BCUT2D eigenvalue weighted by Crippen LogP contribution is 2.26. The van der Waals surface area contributed by atoms with Gasteiger partial charge in [-0.05, 0) is 64.0 Å². The van der Waals surface area contributed by atoms with Gasteiger partial charge in [0.1, 0.15) is 36.4 Å². The first-order valence-electron chi connectivity index (χ1n) is 23.6. The zero-order valence-electron chi connectivity index (χ0n) is 43.0. The van der Waals surface area contributed by atoms with E-state index in [9.17, 15) is 43.2 Å². The number of carbonyl (C=O) groups is 9. The number of benzene rings is 1. The Morgan fingerprint density at radius 3 is 2.10 bits per heavy atom. The summed E-state index contributed by atoms with van der Waals surface area (Å²) in [6.07, 6.45) is 0.218. The number of hydrogen-bond acceptors (Lipinski definition) is 12. The molecule has 69 heavy (non-hydrogen) atoms. The van der Waals surface area contributed by atoms with Crippen molar-refractivity contribution in [2.75, 3.05) is 47.8 Å². The number of cyclic esters (lactones) is 2. The van der Waals surface area contributed by atoms with E-state index in [4.69, 9.17) is 14.2 Å². The number of allylic oxidation sites excluding steroid dienone is 1. The van der Waals surface area contributed by atoms with E-state index in [2.05, 4.69) is 16.0 Å². The van der Waals surface area contributed by atoms with Crippen molar-refractivity contribution in [3.63, 3.8) is 0 Å². The van der Waals surface area contributed by atoms with Gasteiger partial charge in [-0.25, -0.2) is 14.4 Å². The van der Waals surface area contributed by atoms with Gasteiger partial charge in [-0.3, -0.25) is 28.8 Å². The number of carbonyl (C=O) groups excluding carboxylic acids is 9. The Morgan fingerprint density at radius 1 is 0.899 bits per heavy atom. The van der Waals surface area contributed by atoms with E-state index in [-0.39, 0.29) is 43.8 Å². The highest BCUT2D eigenvalue weighted by atomic mass is 16.6. The summed E-state index contributed by atoms with van der Waals surface area (Å²) < 4.78 is 17.9. The third-order valence-electron chi connectivity index (χ3n) is 12.3. The van der Waals surface area contributed by atoms with Crippen LogP contribution in [0.2, 0.25) is 0 Å². The highest BCUT2D eigenvalue weighted by Gasteiger charge is 2.38. The Bertz CT molecular complexity index is 2010. The predicted molar refractivity (Wildman–Crippen MR) is 259 cm³/mol. The molecule has 1 aliphatic rings. The molecule has 0 aliphatic carbocycles. The van der Waals surface area contributed by atoms with Crippen molar-refractivity contribution in [2.45, 2.75) is 137 Å². The average Bonchev–Trinajstić information content (AvgIpc) is 3.32. The maximum Gasteiger partial charge on any atom is 0.409 e. The lowest BCUT2D eigenvalue weighted by Gasteiger charge is -2.33. The van der Waals surface area contributed by atoms with Gasteiger partial charge in [0.25, 0.3) is 5.91 Å². The Balaban J connectivity index is 2.74. The van der Waals surface area contributed by atoms with E-state index in [1.165, 1.54) is 62.7 Å². The zero-order valence-corrected chi connectivity index (χ0v) is 43.0. The van der Waals surface area contributed by atoms with Crippen LogP contribution in [-0.4, -0.2) is 164 Å². The number of ether oxygens (including phenoxy) is 3. The molecule has 0 unspecified atom stereocenters. The normalized spacial score (nSPS) is 26.1. The molecule has 0 saturated heterocycles. The average molecular weight is 968 g/mol. The second kappa shape index (κ2) is 28.3. The summed E-state index contributed by atoms with van der Waals surface area (Å²) in [5, 5.41) is 8.07. The van der Waals surface area contributed by atoms with E-state index in [1.54, 1.807) is 71.2 Å². The van der Waals surface area contributed by atoms with Crippen LogP contribution in [-0.2, 0) is 59.0 Å². The molecular weight excluding hydrogens is 891 g/mol. The van der Waals surface area contributed by atoms with Crippen LogP contribution in [0.1, 0.15) is 94.1 Å². The molecule has 1 aromatic rings. The molecular formula is C50H77N7O12. The molecule has 19 heteroatoms. The standard InChI is InChI=1S/C50H77N7O12/c1-15-31(5)42-45(61)52-36(10)49(65)69-43(32(6)16-2)34(8)39(68-50(66)55(12)25-24-54(11)29-58)23-22-33(7)48(64)67-40(26-30(3)4)44(60)51-35(9)46(62)57(14)38(27-37-20-18-17-19-21-37)47(63)56(13)28-41(59)53-42/h16-22,29-31,34-36,38-40,42-43H,15,23-28H2,1-14H3,(H,51,60)(H,52,61)(H,53,59)/b32-16+,33-22+/t31-,34+,35+,36-,38-,39+,40-,42+,43-/m1/s1. The first kappa shape index (κ1) is 58.9. The summed E-state index contributed by atoms with van der Waals surface area (Å²) in [4.78, 5) is 127. The number of esters is 2. The van der Waals surface area contributed by atoms with Crippen LogP contribution in [0.5, 0.6) is 0 Å². The second-order valence-electron chi connectivity index (χ2n) is 18.6. The lowest BCUT2D eigenvalue weighted by molar-refractivity contribution is -0.155. The number of nitrogens with one attached hydrogen (secondary N) is 3. The summed E-state index contributed by atoms with van der Waals surface area (Å²) in [5.41, 5.74) is 1.37. The quantitative estimate of drug-likeness (QED) is 0.119. The first-order valence-corrected chi connectivity index (χ1v) is 23.6. The van der Waals surface area contributed by atoms with Crippen LogP contribution in [0.4, 0.5) is 4.79 Å². The Kier molecular flexibility index (Phi) is 24.1. The number of nitrogens with zero attached hydrogens (tertiary/aromatic N) is 4. The Hall–Kier alpha value is -6.27. The van der Waals surface area contributed by atoms with Gasteiger partial charge in [0, 0.05) is 65.6 Å². The molecule has 1 heterocycles. The molecule has 0 aromatic heterocycles. The van der Waals surface area contributed by atoms with Crippen LogP contribution in [0.25, 0.3) is 0 Å². The smallest absolute Gasteiger partial charge is 0.409 e. The van der Waals surface area contributed by atoms with Crippen LogP contribution in [0.15, 0.2) is 53.6 Å². The number of rotatable bonds is 12. The summed E-state index contributed by atoms with van der Waals surface area (Å²) in [6, 6.07) is 4.26. The maximum atomic E-state index is 14.2. The number of hydrogen-bond donors (Lipinski definition) is 3. The van der Waals surface area contributed by atoms with E-state index >= 15 is 0 Å². The minimum atomic E-state index is -1.33. The molecule has 7 amide bonds. The second-order valence-corrected chi connectivity index (χ2v) is 18.6. The summed E-state index contributed by atoms with van der Waals surface area (Å²) in [7, 11) is 5.88. The van der Waals surface area contributed by atoms with Crippen molar-refractivity contribution in [1.29, 1.82) is 0 Å². The maximum absolute atomic E-state index is 14.2. The van der Waals surface area contributed by atoms with Crippen LogP contribution in [0.3, 0.4) is 0 Å². The van der Waals surface area contributed by atoms with Crippen LogP contribution in [0, 0.1) is 17.8 Å². The monoisotopic (exact) mass is 968 g/mol. The largest absolute Gasteiger partial charge is 0.456 e. The van der Waals surface area contributed by atoms with Crippen molar-refractivity contribution in [2.24, 2.45) is 17.8 Å². The van der Waals surface area contributed by atoms with Crippen molar-refractivity contribution in [1.82, 2.24) is 35.6 Å². The van der Waals surface area contributed by atoms with Gasteiger partial charge < -0.3 is 49.8 Å². The molecule has 9 atom stereocenters. The Labute approximate surface area is 408 Å². The third-order valence-corrected chi connectivity index (χ3v) is 12.3. The molecule has 0 spiro atoms. The Morgan fingerprint density at radius 2 is 1.52 bits per heavy atom.